The summed E-state index contributed by atoms with van der Waals surface area (Å²) >= 11 is 1.65. The molecule has 1 aromatic heterocycles. The van der Waals surface area contributed by atoms with Gasteiger partial charge in [0.1, 0.15) is 5.01 Å². The molecule has 0 bridgehead atoms. The van der Waals surface area contributed by atoms with Crippen molar-refractivity contribution >= 4 is 16.5 Å². The lowest BCUT2D eigenvalue weighted by atomic mass is 10.2. The molecule has 4 nitrogen and oxygen atoms in total. The van der Waals surface area contributed by atoms with Gasteiger partial charge in [0.25, 0.3) is 0 Å². The van der Waals surface area contributed by atoms with Crippen LogP contribution in [0.4, 0.5) is 5.13 Å². The van der Waals surface area contributed by atoms with Gasteiger partial charge in [-0.2, -0.15) is 0 Å². The van der Waals surface area contributed by atoms with Crippen LogP contribution in [-0.2, 0) is 4.74 Å². The average molecular weight is 213 g/mol. The average Bonchev–Trinajstić information content (AvgIpc) is 2.50. The van der Waals surface area contributed by atoms with Crippen LogP contribution >= 0.6 is 11.3 Å². The molecule has 78 valence electrons. The van der Waals surface area contributed by atoms with Gasteiger partial charge in [0, 0.05) is 13.1 Å². The Morgan fingerprint density at radius 1 is 1.29 bits per heavy atom. The van der Waals surface area contributed by atoms with E-state index in [0.717, 1.165) is 23.2 Å². The van der Waals surface area contributed by atoms with Gasteiger partial charge in [-0.3, -0.25) is 0 Å². The summed E-state index contributed by atoms with van der Waals surface area (Å²) in [6.07, 6.45) is 0.561. The molecule has 2 atom stereocenters. The van der Waals surface area contributed by atoms with Gasteiger partial charge in [0.2, 0.25) is 5.13 Å². The van der Waals surface area contributed by atoms with E-state index < -0.39 is 0 Å². The van der Waals surface area contributed by atoms with Crippen molar-refractivity contribution in [1.29, 1.82) is 0 Å². The van der Waals surface area contributed by atoms with Gasteiger partial charge in [-0.05, 0) is 20.8 Å². The first kappa shape index (κ1) is 9.86. The molecule has 2 rings (SSSR count). The lowest BCUT2D eigenvalue weighted by Crippen LogP contribution is -2.45. The largest absolute Gasteiger partial charge is 0.372 e. The second-order valence-corrected chi connectivity index (χ2v) is 4.93. The van der Waals surface area contributed by atoms with Crippen LogP contribution in [0, 0.1) is 6.92 Å². The summed E-state index contributed by atoms with van der Waals surface area (Å²) in [4.78, 5) is 2.25. The van der Waals surface area contributed by atoms with Crippen molar-refractivity contribution in [2.24, 2.45) is 0 Å². The molecule has 2 heterocycles. The Labute approximate surface area is 87.9 Å². The Balaban J connectivity index is 2.10. The van der Waals surface area contributed by atoms with E-state index in [0.29, 0.717) is 0 Å². The zero-order chi connectivity index (χ0) is 10.1. The van der Waals surface area contributed by atoms with Crippen LogP contribution in [0.2, 0.25) is 0 Å². The Kier molecular flexibility index (Phi) is 2.69. The maximum atomic E-state index is 5.66. The van der Waals surface area contributed by atoms with E-state index in [1.807, 2.05) is 6.92 Å². The van der Waals surface area contributed by atoms with Crippen LogP contribution in [0.1, 0.15) is 18.9 Å². The van der Waals surface area contributed by atoms with Crippen LogP contribution < -0.4 is 4.90 Å². The molecule has 5 heteroatoms. The maximum absolute atomic E-state index is 5.66. The summed E-state index contributed by atoms with van der Waals surface area (Å²) in [6, 6.07) is 0. The van der Waals surface area contributed by atoms with E-state index in [1.165, 1.54) is 0 Å². The second kappa shape index (κ2) is 3.82. The van der Waals surface area contributed by atoms with Crippen LogP contribution in [0.25, 0.3) is 0 Å². The summed E-state index contributed by atoms with van der Waals surface area (Å²) < 4.78 is 5.66. The molecule has 0 aliphatic carbocycles. The van der Waals surface area contributed by atoms with E-state index in [9.17, 15) is 0 Å². The number of nitrogens with zero attached hydrogens (tertiary/aromatic N) is 3. The van der Waals surface area contributed by atoms with Gasteiger partial charge in [0.05, 0.1) is 12.2 Å². The molecular weight excluding hydrogens is 198 g/mol. The van der Waals surface area contributed by atoms with Crippen molar-refractivity contribution in [2.45, 2.75) is 33.0 Å². The summed E-state index contributed by atoms with van der Waals surface area (Å²) in [7, 11) is 0. The first-order valence-corrected chi connectivity index (χ1v) is 5.67. The lowest BCUT2D eigenvalue weighted by molar-refractivity contribution is -0.00525. The highest BCUT2D eigenvalue weighted by atomic mass is 32.1. The van der Waals surface area contributed by atoms with Gasteiger partial charge in [-0.25, -0.2) is 0 Å². The van der Waals surface area contributed by atoms with Crippen LogP contribution in [0.15, 0.2) is 0 Å². The fourth-order valence-corrected chi connectivity index (χ4v) is 2.45. The summed E-state index contributed by atoms with van der Waals surface area (Å²) in [5, 5.41) is 10.2. The maximum Gasteiger partial charge on any atom is 0.208 e. The number of rotatable bonds is 1. The Morgan fingerprint density at radius 3 is 2.43 bits per heavy atom. The van der Waals surface area contributed by atoms with Crippen LogP contribution in [0.3, 0.4) is 0 Å². The number of aromatic nitrogens is 2. The number of anilines is 1. The minimum absolute atomic E-state index is 0.281. The minimum atomic E-state index is 0.281. The number of hydrogen-bond acceptors (Lipinski definition) is 5. The predicted molar refractivity (Wildman–Crippen MR) is 56.9 cm³/mol. The lowest BCUT2D eigenvalue weighted by Gasteiger charge is -2.34. The van der Waals surface area contributed by atoms with E-state index >= 15 is 0 Å². The van der Waals surface area contributed by atoms with E-state index in [4.69, 9.17) is 4.74 Å². The van der Waals surface area contributed by atoms with Gasteiger partial charge < -0.3 is 9.64 Å². The third-order valence-electron chi connectivity index (χ3n) is 2.21. The third kappa shape index (κ3) is 2.04. The Hall–Kier alpha value is -0.680. The zero-order valence-electron chi connectivity index (χ0n) is 8.73. The first-order chi connectivity index (χ1) is 6.65. The number of morpholine rings is 1. The summed E-state index contributed by atoms with van der Waals surface area (Å²) in [5.41, 5.74) is 0. The Morgan fingerprint density at radius 2 is 1.93 bits per heavy atom. The molecule has 0 saturated carbocycles. The highest BCUT2D eigenvalue weighted by Crippen LogP contribution is 2.23. The molecule has 0 radical (unpaired) electrons. The van der Waals surface area contributed by atoms with Crippen molar-refractivity contribution in [3.8, 4) is 0 Å². The van der Waals surface area contributed by atoms with Gasteiger partial charge in [-0.15, -0.1) is 10.2 Å². The molecule has 0 N–H and O–H groups in total. The molecule has 0 aromatic carbocycles. The van der Waals surface area contributed by atoms with Crippen molar-refractivity contribution in [2.75, 3.05) is 18.0 Å². The molecule has 1 fully saturated rings. The zero-order valence-corrected chi connectivity index (χ0v) is 9.54. The van der Waals surface area contributed by atoms with E-state index in [2.05, 4.69) is 28.9 Å². The van der Waals surface area contributed by atoms with E-state index in [1.54, 1.807) is 11.3 Å². The summed E-state index contributed by atoms with van der Waals surface area (Å²) in [5.74, 6) is 0. The molecule has 1 aliphatic rings. The Bertz CT molecular complexity index is 305. The molecular formula is C9H15N3OS. The molecule has 2 unspecified atom stereocenters. The normalized spacial score (nSPS) is 28.1. The van der Waals surface area contributed by atoms with Crippen LogP contribution in [0.5, 0.6) is 0 Å². The van der Waals surface area contributed by atoms with Gasteiger partial charge in [0.15, 0.2) is 0 Å². The molecule has 14 heavy (non-hydrogen) atoms. The molecule has 1 aromatic rings. The number of hydrogen-bond donors (Lipinski definition) is 0. The number of aryl methyl sites for hydroxylation is 1. The van der Waals surface area contributed by atoms with Crippen molar-refractivity contribution in [3.63, 3.8) is 0 Å². The van der Waals surface area contributed by atoms with Crippen LogP contribution in [-0.4, -0.2) is 35.5 Å². The molecule has 0 amide bonds. The highest BCUT2D eigenvalue weighted by molar-refractivity contribution is 7.15. The van der Waals surface area contributed by atoms with Crippen molar-refractivity contribution in [3.05, 3.63) is 5.01 Å². The smallest absolute Gasteiger partial charge is 0.208 e. The van der Waals surface area contributed by atoms with Crippen molar-refractivity contribution in [1.82, 2.24) is 10.2 Å². The fraction of sp³-hybridized carbons (Fsp3) is 0.778. The highest BCUT2D eigenvalue weighted by Gasteiger charge is 2.24. The monoisotopic (exact) mass is 213 g/mol. The predicted octanol–water partition coefficient (Wildman–Crippen LogP) is 1.46. The number of ether oxygens (including phenoxy) is 1. The SMILES string of the molecule is Cc1nnc(N2CC(C)OC(C)C2)s1. The summed E-state index contributed by atoms with van der Waals surface area (Å²) in [6.45, 7) is 8.00. The quantitative estimate of drug-likeness (QED) is 0.708. The standard InChI is InChI=1S/C9H15N3OS/c1-6-4-12(5-7(2)13-6)9-11-10-8(3)14-9/h6-7H,4-5H2,1-3H3. The van der Waals surface area contributed by atoms with E-state index in [-0.39, 0.29) is 12.2 Å². The van der Waals surface area contributed by atoms with Gasteiger partial charge in [-0.1, -0.05) is 11.3 Å². The topological polar surface area (TPSA) is 38.2 Å². The third-order valence-corrected chi connectivity index (χ3v) is 3.10. The molecule has 0 spiro atoms. The van der Waals surface area contributed by atoms with Crippen molar-refractivity contribution < 1.29 is 4.74 Å². The molecule has 1 aliphatic heterocycles. The molecule has 1 saturated heterocycles. The second-order valence-electron chi connectivity index (χ2n) is 3.77. The first-order valence-electron chi connectivity index (χ1n) is 4.85. The fourth-order valence-electron chi connectivity index (χ4n) is 1.75. The minimum Gasteiger partial charge on any atom is -0.372 e. The van der Waals surface area contributed by atoms with Gasteiger partial charge >= 0.3 is 0 Å².